The maximum Gasteiger partial charge on any atom is 0.257 e. The number of fused-ring (bicyclic) bond motifs is 1. The molecule has 2 fully saturated rings. The molecule has 0 spiro atoms. The minimum atomic E-state index is -3.62. The monoisotopic (exact) mass is 578 g/mol. The van der Waals surface area contributed by atoms with E-state index in [9.17, 15) is 13.2 Å². The van der Waals surface area contributed by atoms with E-state index in [1.54, 1.807) is 12.3 Å². The van der Waals surface area contributed by atoms with E-state index < -0.39 is 9.84 Å². The highest BCUT2D eigenvalue weighted by atomic mass is 32.2. The summed E-state index contributed by atoms with van der Waals surface area (Å²) in [5.41, 5.74) is 3.13. The van der Waals surface area contributed by atoms with Gasteiger partial charge in [-0.3, -0.25) is 14.3 Å². The zero-order valence-electron chi connectivity index (χ0n) is 23.2. The SMILES string of the molecule is CN1CCCCC1c1cc2cnc(Nc3ccc(C4CNCCO4)cc3)nc2n(Cc2ccoc2S(C)(=O)=O)c1=O. The average molecular weight is 579 g/mol. The standard InChI is InChI=1S/C29H34N6O5S/c1-34-12-4-3-5-24(34)23-15-21-16-31-29(32-22-8-6-19(7-9-22)25-17-30-11-14-39-25)33-26(21)35(27(23)36)18-20-10-13-40-28(20)41(2,37)38/h6-10,13,15-16,24-25,30H,3-5,11-12,14,17-18H2,1-2H3,(H,31,32,33). The Morgan fingerprint density at radius 2 is 2.00 bits per heavy atom. The van der Waals surface area contributed by atoms with Crippen molar-refractivity contribution in [2.75, 3.05) is 44.9 Å². The number of morpholine rings is 1. The largest absolute Gasteiger partial charge is 0.453 e. The number of anilines is 2. The number of ether oxygens (including phenoxy) is 1. The Kier molecular flexibility index (Phi) is 7.64. The molecule has 2 saturated heterocycles. The van der Waals surface area contributed by atoms with Crippen LogP contribution in [-0.2, 0) is 21.1 Å². The van der Waals surface area contributed by atoms with Crippen LogP contribution in [0.15, 0.2) is 63.2 Å². The Hall–Kier alpha value is -3.58. The fourth-order valence-electron chi connectivity index (χ4n) is 5.72. The lowest BCUT2D eigenvalue weighted by Gasteiger charge is -2.32. The topological polar surface area (TPSA) is 132 Å². The molecule has 0 radical (unpaired) electrons. The van der Waals surface area contributed by atoms with E-state index >= 15 is 0 Å². The molecule has 2 atom stereocenters. The van der Waals surface area contributed by atoms with Crippen LogP contribution < -0.4 is 16.2 Å². The Bertz CT molecular complexity index is 1710. The number of pyridine rings is 1. The summed E-state index contributed by atoms with van der Waals surface area (Å²) in [6, 6.07) is 11.3. The van der Waals surface area contributed by atoms with Gasteiger partial charge >= 0.3 is 0 Å². The molecule has 216 valence electrons. The Balaban J connectivity index is 1.38. The van der Waals surface area contributed by atoms with Crippen molar-refractivity contribution < 1.29 is 17.6 Å². The Labute approximate surface area is 238 Å². The van der Waals surface area contributed by atoms with Gasteiger partial charge in [-0.25, -0.2) is 13.4 Å². The molecule has 2 aliphatic rings. The second-order valence-corrected chi connectivity index (χ2v) is 12.7. The number of benzene rings is 1. The van der Waals surface area contributed by atoms with Gasteiger partial charge in [-0.05, 0) is 56.3 Å². The van der Waals surface area contributed by atoms with E-state index in [-0.39, 0.29) is 29.3 Å². The van der Waals surface area contributed by atoms with Gasteiger partial charge in [0.05, 0.1) is 25.5 Å². The summed E-state index contributed by atoms with van der Waals surface area (Å²) in [5, 5.41) is 7.12. The van der Waals surface area contributed by atoms with Gasteiger partial charge < -0.3 is 19.8 Å². The van der Waals surface area contributed by atoms with Gasteiger partial charge in [0, 0.05) is 53.8 Å². The highest BCUT2D eigenvalue weighted by Crippen LogP contribution is 2.30. The summed E-state index contributed by atoms with van der Waals surface area (Å²) in [7, 11) is -1.60. The molecule has 2 aliphatic heterocycles. The van der Waals surface area contributed by atoms with Gasteiger partial charge in [-0.15, -0.1) is 0 Å². The molecule has 0 amide bonds. The predicted molar refractivity (Wildman–Crippen MR) is 155 cm³/mol. The zero-order valence-corrected chi connectivity index (χ0v) is 24.0. The van der Waals surface area contributed by atoms with Crippen LogP contribution in [0.5, 0.6) is 0 Å². The van der Waals surface area contributed by atoms with Gasteiger partial charge in [0.15, 0.2) is 0 Å². The number of piperidine rings is 1. The highest BCUT2D eigenvalue weighted by molar-refractivity contribution is 7.90. The van der Waals surface area contributed by atoms with Crippen molar-refractivity contribution in [3.63, 3.8) is 0 Å². The van der Waals surface area contributed by atoms with E-state index in [2.05, 4.69) is 20.5 Å². The van der Waals surface area contributed by atoms with Crippen LogP contribution in [0.25, 0.3) is 11.0 Å². The van der Waals surface area contributed by atoms with Crippen molar-refractivity contribution in [1.82, 2.24) is 24.8 Å². The number of aromatic nitrogens is 3. The first-order chi connectivity index (χ1) is 19.8. The van der Waals surface area contributed by atoms with E-state index in [1.807, 2.05) is 37.4 Å². The third kappa shape index (κ3) is 5.78. The molecule has 0 bridgehead atoms. The van der Waals surface area contributed by atoms with Gasteiger partial charge in [0.2, 0.25) is 20.9 Å². The molecule has 12 heteroatoms. The van der Waals surface area contributed by atoms with Gasteiger partial charge in [0.1, 0.15) is 5.65 Å². The van der Waals surface area contributed by atoms with Crippen LogP contribution in [0, 0.1) is 0 Å². The van der Waals surface area contributed by atoms with Crippen LogP contribution in [0.2, 0.25) is 0 Å². The number of sulfone groups is 1. The van der Waals surface area contributed by atoms with Crippen molar-refractivity contribution in [3.8, 4) is 0 Å². The van der Waals surface area contributed by atoms with Crippen molar-refractivity contribution in [2.24, 2.45) is 0 Å². The zero-order chi connectivity index (χ0) is 28.6. The Morgan fingerprint density at radius 1 is 1.17 bits per heavy atom. The smallest absolute Gasteiger partial charge is 0.257 e. The number of likely N-dealkylation sites (tertiary alicyclic amines) is 1. The van der Waals surface area contributed by atoms with Crippen molar-refractivity contribution in [1.29, 1.82) is 0 Å². The molecule has 41 heavy (non-hydrogen) atoms. The van der Waals surface area contributed by atoms with E-state index in [0.29, 0.717) is 34.7 Å². The molecule has 11 nitrogen and oxygen atoms in total. The van der Waals surface area contributed by atoms with Gasteiger partial charge in [-0.2, -0.15) is 4.98 Å². The molecular formula is C29H34N6O5S. The fourth-order valence-corrected chi connectivity index (χ4v) is 6.56. The van der Waals surface area contributed by atoms with E-state index in [1.165, 1.54) is 10.8 Å². The van der Waals surface area contributed by atoms with Gasteiger partial charge in [0.25, 0.3) is 5.56 Å². The maximum atomic E-state index is 14.0. The molecule has 3 aromatic heterocycles. The first-order valence-electron chi connectivity index (χ1n) is 13.8. The number of hydrogen-bond donors (Lipinski definition) is 2. The average Bonchev–Trinajstić information content (AvgIpc) is 3.45. The molecule has 1 aromatic carbocycles. The summed E-state index contributed by atoms with van der Waals surface area (Å²) in [5.74, 6) is 0.326. The third-order valence-corrected chi connectivity index (χ3v) is 8.85. The first kappa shape index (κ1) is 27.6. The number of nitrogens with one attached hydrogen (secondary N) is 2. The lowest BCUT2D eigenvalue weighted by Crippen LogP contribution is -2.36. The summed E-state index contributed by atoms with van der Waals surface area (Å²) >= 11 is 0. The molecule has 0 aliphatic carbocycles. The minimum Gasteiger partial charge on any atom is -0.453 e. The second kappa shape index (κ2) is 11.4. The lowest BCUT2D eigenvalue weighted by atomic mass is 9.96. The van der Waals surface area contributed by atoms with Crippen molar-refractivity contribution in [3.05, 3.63) is 75.9 Å². The number of hydrogen-bond acceptors (Lipinski definition) is 10. The van der Waals surface area contributed by atoms with Crippen LogP contribution in [-0.4, -0.2) is 67.4 Å². The lowest BCUT2D eigenvalue weighted by molar-refractivity contribution is 0.0277. The summed E-state index contributed by atoms with van der Waals surface area (Å²) < 4.78 is 37.4. The van der Waals surface area contributed by atoms with Gasteiger partial charge in [-0.1, -0.05) is 18.6 Å². The van der Waals surface area contributed by atoms with Crippen LogP contribution in [0.4, 0.5) is 11.6 Å². The number of furan rings is 1. The van der Waals surface area contributed by atoms with Crippen molar-refractivity contribution >= 4 is 32.5 Å². The predicted octanol–water partition coefficient (Wildman–Crippen LogP) is 3.40. The third-order valence-electron chi connectivity index (χ3n) is 7.82. The normalized spacial score (nSPS) is 20.3. The van der Waals surface area contributed by atoms with Crippen molar-refractivity contribution in [2.45, 2.75) is 43.0 Å². The number of nitrogens with zero attached hydrogens (tertiary/aromatic N) is 4. The minimum absolute atomic E-state index is 0.000908. The molecule has 2 N–H and O–H groups in total. The molecule has 4 aromatic rings. The molecule has 0 saturated carbocycles. The first-order valence-corrected chi connectivity index (χ1v) is 15.7. The summed E-state index contributed by atoms with van der Waals surface area (Å²) in [6.45, 7) is 3.22. The maximum absolute atomic E-state index is 14.0. The number of rotatable bonds is 7. The highest BCUT2D eigenvalue weighted by Gasteiger charge is 2.26. The van der Waals surface area contributed by atoms with Crippen LogP contribution in [0.3, 0.4) is 0 Å². The second-order valence-electron chi connectivity index (χ2n) is 10.8. The quantitative estimate of drug-likeness (QED) is 0.336. The molecular weight excluding hydrogens is 544 g/mol. The molecule has 6 rings (SSSR count). The fraction of sp³-hybridized carbons (Fsp3) is 0.414. The van der Waals surface area contributed by atoms with Crippen LogP contribution in [0.1, 0.15) is 48.1 Å². The van der Waals surface area contributed by atoms with E-state index in [4.69, 9.17) is 14.1 Å². The Morgan fingerprint density at radius 3 is 2.73 bits per heavy atom. The molecule has 2 unspecified atom stereocenters. The summed E-state index contributed by atoms with van der Waals surface area (Å²) in [4.78, 5) is 25.5. The van der Waals surface area contributed by atoms with E-state index in [0.717, 1.165) is 56.4 Å². The van der Waals surface area contributed by atoms with Crippen LogP contribution >= 0.6 is 0 Å². The molecule has 5 heterocycles. The summed E-state index contributed by atoms with van der Waals surface area (Å²) in [6.07, 6.45) is 7.14.